The van der Waals surface area contributed by atoms with Crippen molar-refractivity contribution in [1.82, 2.24) is 15.0 Å². The molecule has 2 heterocycles. The van der Waals surface area contributed by atoms with Crippen LogP contribution in [0, 0.1) is 5.92 Å². The fourth-order valence-corrected chi connectivity index (χ4v) is 3.09. The highest BCUT2D eigenvalue weighted by molar-refractivity contribution is 6.31. The second-order valence-corrected chi connectivity index (χ2v) is 6.39. The number of aromatic nitrogens is 3. The van der Waals surface area contributed by atoms with Crippen LogP contribution < -0.4 is 10.5 Å². The van der Waals surface area contributed by atoms with Crippen LogP contribution in [-0.2, 0) is 6.42 Å². The molecule has 0 spiro atoms. The van der Waals surface area contributed by atoms with Crippen molar-refractivity contribution in [3.63, 3.8) is 0 Å². The van der Waals surface area contributed by atoms with Crippen LogP contribution in [0.4, 0.5) is 10.3 Å². The van der Waals surface area contributed by atoms with E-state index in [1.54, 1.807) is 31.8 Å². The van der Waals surface area contributed by atoms with Gasteiger partial charge < -0.3 is 10.5 Å². The average Bonchev–Trinajstić information content (AvgIpc) is 2.60. The van der Waals surface area contributed by atoms with Crippen molar-refractivity contribution in [3.8, 4) is 5.88 Å². The van der Waals surface area contributed by atoms with Gasteiger partial charge in [-0.15, -0.1) is 0 Å². The number of hydrogen-bond donors (Lipinski definition) is 1. The molecule has 1 aliphatic rings. The molecule has 3 rings (SSSR count). The van der Waals surface area contributed by atoms with E-state index in [-0.39, 0.29) is 22.8 Å². The second-order valence-electron chi connectivity index (χ2n) is 5.98. The van der Waals surface area contributed by atoms with Gasteiger partial charge in [0.05, 0.1) is 12.1 Å². The van der Waals surface area contributed by atoms with E-state index in [1.165, 1.54) is 6.08 Å². The van der Waals surface area contributed by atoms with Crippen LogP contribution in [0.5, 0.6) is 5.88 Å². The van der Waals surface area contributed by atoms with E-state index in [1.807, 2.05) is 13.0 Å². The molecule has 7 heteroatoms. The lowest BCUT2D eigenvalue weighted by Gasteiger charge is -2.24. The Morgan fingerprint density at radius 3 is 2.52 bits per heavy atom. The number of nitrogen functional groups attached to an aromatic ring is 1. The fourth-order valence-electron chi connectivity index (χ4n) is 2.89. The molecule has 0 fully saturated rings. The van der Waals surface area contributed by atoms with Crippen molar-refractivity contribution in [2.75, 3.05) is 12.8 Å². The third kappa shape index (κ3) is 3.79. The van der Waals surface area contributed by atoms with Crippen LogP contribution in [0.2, 0.25) is 0 Å². The van der Waals surface area contributed by atoms with E-state index < -0.39 is 5.83 Å². The maximum absolute atomic E-state index is 13.7. The molecule has 130 valence electrons. The number of halogens is 2. The van der Waals surface area contributed by atoms with Gasteiger partial charge >= 0.3 is 0 Å². The molecule has 1 aliphatic carbocycles. The largest absolute Gasteiger partial charge is 0.481 e. The molecular formula is C18H18ClFN4O. The minimum absolute atomic E-state index is 0.0618. The first kappa shape index (κ1) is 17.4. The molecule has 0 saturated heterocycles. The van der Waals surface area contributed by atoms with Crippen LogP contribution >= 0.6 is 11.6 Å². The topological polar surface area (TPSA) is 73.9 Å². The first-order valence-corrected chi connectivity index (χ1v) is 8.20. The third-order valence-electron chi connectivity index (χ3n) is 4.15. The van der Waals surface area contributed by atoms with Crippen LogP contribution in [0.1, 0.15) is 29.5 Å². The molecule has 5 nitrogen and oxygen atoms in total. The fraction of sp³-hybridized carbons (Fsp3) is 0.278. The summed E-state index contributed by atoms with van der Waals surface area (Å²) in [5.74, 6) is 0.172. The Kier molecular flexibility index (Phi) is 4.99. The molecule has 2 N–H and O–H groups in total. The average molecular weight is 361 g/mol. The summed E-state index contributed by atoms with van der Waals surface area (Å²) < 4.78 is 19.1. The lowest BCUT2D eigenvalue weighted by molar-refractivity contribution is 0.386. The number of nitrogens with two attached hydrogens (primary N) is 1. The summed E-state index contributed by atoms with van der Waals surface area (Å²) >= 11 is 5.99. The number of hydrogen-bond acceptors (Lipinski definition) is 5. The Bertz CT molecular complexity index is 835. The van der Waals surface area contributed by atoms with Crippen molar-refractivity contribution in [3.05, 3.63) is 64.4 Å². The summed E-state index contributed by atoms with van der Waals surface area (Å²) in [6, 6.07) is 2.00. The zero-order chi connectivity index (χ0) is 18.0. The number of methoxy groups -OCH3 is 1. The number of nitrogens with zero attached hydrogens (tertiary/aromatic N) is 3. The summed E-state index contributed by atoms with van der Waals surface area (Å²) in [5.41, 5.74) is 8.27. The van der Waals surface area contributed by atoms with Crippen molar-refractivity contribution >= 4 is 17.5 Å². The predicted molar refractivity (Wildman–Crippen MR) is 95.1 cm³/mol. The second kappa shape index (κ2) is 7.19. The van der Waals surface area contributed by atoms with E-state index in [4.69, 9.17) is 22.1 Å². The quantitative estimate of drug-likeness (QED) is 0.898. The standard InChI is InChI=1S/C18H18ClFN4O/c1-10-3-16(20)15(19)6-13(10)14-5-11(7-22-17(14)25-2)4-12-8-23-18(21)24-9-12/h3,5-10,13H,4H2,1-2H3,(H2,21,23,24). The normalized spacial score (nSPS) is 20.0. The lowest BCUT2D eigenvalue weighted by Crippen LogP contribution is -2.12. The molecule has 0 radical (unpaired) electrons. The third-order valence-corrected chi connectivity index (χ3v) is 4.46. The van der Waals surface area contributed by atoms with Crippen molar-refractivity contribution in [2.45, 2.75) is 19.3 Å². The van der Waals surface area contributed by atoms with E-state index >= 15 is 0 Å². The van der Waals surface area contributed by atoms with Gasteiger partial charge in [0.15, 0.2) is 0 Å². The Hall–Kier alpha value is -2.47. The van der Waals surface area contributed by atoms with Crippen LogP contribution in [0.25, 0.3) is 0 Å². The molecule has 2 aromatic heterocycles. The summed E-state index contributed by atoms with van der Waals surface area (Å²) in [6.45, 7) is 1.93. The molecule has 0 aliphatic heterocycles. The number of allylic oxidation sites excluding steroid dienone is 4. The highest BCUT2D eigenvalue weighted by Gasteiger charge is 2.26. The van der Waals surface area contributed by atoms with Gasteiger partial charge in [0.1, 0.15) is 5.83 Å². The SMILES string of the molecule is COc1ncc(Cc2cnc(N)nc2)cc1C1C=C(Cl)C(F)=CC1C. The number of pyridine rings is 1. The highest BCUT2D eigenvalue weighted by atomic mass is 35.5. The molecule has 0 saturated carbocycles. The first-order valence-electron chi connectivity index (χ1n) is 7.82. The first-order chi connectivity index (χ1) is 12.0. The molecule has 0 amide bonds. The van der Waals surface area contributed by atoms with Gasteiger partial charge in [-0.05, 0) is 29.2 Å². The number of ether oxygens (including phenoxy) is 1. The minimum Gasteiger partial charge on any atom is -0.481 e. The molecule has 25 heavy (non-hydrogen) atoms. The summed E-state index contributed by atoms with van der Waals surface area (Å²) in [5, 5.41) is 0.113. The van der Waals surface area contributed by atoms with Gasteiger partial charge in [-0.3, -0.25) is 0 Å². The Morgan fingerprint density at radius 1 is 1.16 bits per heavy atom. The van der Waals surface area contributed by atoms with Crippen LogP contribution in [0.3, 0.4) is 0 Å². The Balaban J connectivity index is 1.94. The van der Waals surface area contributed by atoms with Gasteiger partial charge in [-0.2, -0.15) is 0 Å². The maximum Gasteiger partial charge on any atom is 0.219 e. The Morgan fingerprint density at radius 2 is 1.84 bits per heavy atom. The summed E-state index contributed by atoms with van der Waals surface area (Å²) in [7, 11) is 1.56. The lowest BCUT2D eigenvalue weighted by atomic mass is 9.83. The molecular weight excluding hydrogens is 343 g/mol. The van der Waals surface area contributed by atoms with Gasteiger partial charge in [0.2, 0.25) is 11.8 Å². The Labute approximate surface area is 150 Å². The van der Waals surface area contributed by atoms with E-state index in [0.717, 1.165) is 16.7 Å². The number of rotatable bonds is 4. The molecule has 2 aromatic rings. The van der Waals surface area contributed by atoms with Gasteiger partial charge in [0, 0.05) is 36.5 Å². The minimum atomic E-state index is -0.396. The summed E-state index contributed by atoms with van der Waals surface area (Å²) in [4.78, 5) is 12.4. The molecule has 2 atom stereocenters. The zero-order valence-corrected chi connectivity index (χ0v) is 14.7. The van der Waals surface area contributed by atoms with Gasteiger partial charge in [-0.25, -0.2) is 19.3 Å². The molecule has 0 aromatic carbocycles. The van der Waals surface area contributed by atoms with Crippen molar-refractivity contribution < 1.29 is 9.13 Å². The summed E-state index contributed by atoms with van der Waals surface area (Å²) in [6.07, 6.45) is 8.94. The molecule has 2 unspecified atom stereocenters. The maximum atomic E-state index is 13.7. The highest BCUT2D eigenvalue weighted by Crippen LogP contribution is 2.40. The van der Waals surface area contributed by atoms with Gasteiger partial charge in [-0.1, -0.05) is 24.6 Å². The van der Waals surface area contributed by atoms with Crippen LogP contribution in [0.15, 0.2) is 47.7 Å². The van der Waals surface area contributed by atoms with Gasteiger partial charge in [0.25, 0.3) is 0 Å². The number of anilines is 1. The van der Waals surface area contributed by atoms with E-state index in [0.29, 0.717) is 12.3 Å². The zero-order valence-electron chi connectivity index (χ0n) is 13.9. The van der Waals surface area contributed by atoms with E-state index in [2.05, 4.69) is 15.0 Å². The predicted octanol–water partition coefficient (Wildman–Crippen LogP) is 3.76. The molecule has 0 bridgehead atoms. The van der Waals surface area contributed by atoms with Crippen LogP contribution in [-0.4, -0.2) is 22.1 Å². The smallest absolute Gasteiger partial charge is 0.219 e. The monoisotopic (exact) mass is 360 g/mol. The van der Waals surface area contributed by atoms with Crippen molar-refractivity contribution in [1.29, 1.82) is 0 Å². The van der Waals surface area contributed by atoms with E-state index in [9.17, 15) is 4.39 Å². The van der Waals surface area contributed by atoms with Crippen molar-refractivity contribution in [2.24, 2.45) is 5.92 Å².